The van der Waals surface area contributed by atoms with Crippen LogP contribution in [-0.4, -0.2) is 10.0 Å². The van der Waals surface area contributed by atoms with Crippen LogP contribution < -0.4 is 0 Å². The third-order valence-electron chi connectivity index (χ3n) is 3.18. The molecular formula is C16H21NO3. The third kappa shape index (κ3) is 4.31. The van der Waals surface area contributed by atoms with Gasteiger partial charge in [0.2, 0.25) is 0 Å². The van der Waals surface area contributed by atoms with E-state index in [1.54, 1.807) is 18.2 Å². The molecule has 4 nitrogen and oxygen atoms in total. The molecule has 0 radical (unpaired) electrons. The fraction of sp³-hybridized carbons (Fsp3) is 0.375. The highest BCUT2D eigenvalue weighted by atomic mass is 16.6. The molecule has 1 N–H and O–H groups in total. The van der Waals surface area contributed by atoms with Crippen LogP contribution in [0, 0.1) is 15.5 Å². The quantitative estimate of drug-likeness (QED) is 0.498. The Morgan fingerprint density at radius 1 is 1.40 bits per heavy atom. The molecule has 1 rings (SSSR count). The Labute approximate surface area is 119 Å². The van der Waals surface area contributed by atoms with Crippen molar-refractivity contribution in [2.24, 2.45) is 5.41 Å². The molecule has 0 aliphatic carbocycles. The predicted molar refractivity (Wildman–Crippen MR) is 80.4 cm³/mol. The van der Waals surface area contributed by atoms with Crippen LogP contribution in [-0.2, 0) is 0 Å². The number of rotatable bonds is 5. The van der Waals surface area contributed by atoms with Gasteiger partial charge in [-0.1, -0.05) is 45.1 Å². The van der Waals surface area contributed by atoms with Crippen LogP contribution >= 0.6 is 0 Å². The second kappa shape index (κ2) is 6.48. The summed E-state index contributed by atoms with van der Waals surface area (Å²) in [7, 11) is 0. The zero-order valence-corrected chi connectivity index (χ0v) is 12.2. The minimum Gasteiger partial charge on any atom is -0.388 e. The minimum absolute atomic E-state index is 0.0265. The van der Waals surface area contributed by atoms with E-state index >= 15 is 0 Å². The molecule has 4 heteroatoms. The Morgan fingerprint density at radius 3 is 2.35 bits per heavy atom. The maximum atomic E-state index is 10.6. The van der Waals surface area contributed by atoms with Crippen LogP contribution in [0.2, 0.25) is 0 Å². The molecule has 0 bridgehead atoms. The molecule has 0 spiro atoms. The molecule has 20 heavy (non-hydrogen) atoms. The Balaban J connectivity index is 2.89. The molecule has 0 amide bonds. The molecule has 0 saturated heterocycles. The van der Waals surface area contributed by atoms with Crippen molar-refractivity contribution in [3.63, 3.8) is 0 Å². The Bertz CT molecular complexity index is 510. The van der Waals surface area contributed by atoms with Gasteiger partial charge in [-0.2, -0.15) is 0 Å². The smallest absolute Gasteiger partial charge is 0.269 e. The zero-order chi connectivity index (χ0) is 15.3. The van der Waals surface area contributed by atoms with Crippen molar-refractivity contribution in [2.75, 3.05) is 0 Å². The molecule has 0 saturated carbocycles. The van der Waals surface area contributed by atoms with Crippen LogP contribution in [0.5, 0.6) is 0 Å². The summed E-state index contributed by atoms with van der Waals surface area (Å²) in [6.07, 6.45) is 3.42. The van der Waals surface area contributed by atoms with Crippen molar-refractivity contribution in [1.29, 1.82) is 0 Å². The molecule has 1 aromatic rings. The molecule has 0 fully saturated rings. The van der Waals surface area contributed by atoms with Crippen LogP contribution in [0.15, 0.2) is 48.6 Å². The first-order valence-electron chi connectivity index (χ1n) is 6.50. The third-order valence-corrected chi connectivity index (χ3v) is 3.18. The average molecular weight is 275 g/mol. The lowest BCUT2D eigenvalue weighted by molar-refractivity contribution is -0.384. The van der Waals surface area contributed by atoms with E-state index in [0.29, 0.717) is 12.0 Å². The van der Waals surface area contributed by atoms with Crippen molar-refractivity contribution in [2.45, 2.75) is 33.3 Å². The summed E-state index contributed by atoms with van der Waals surface area (Å²) in [5.74, 6) is 0. The summed E-state index contributed by atoms with van der Waals surface area (Å²) in [6, 6.07) is 6.01. The number of aliphatic hydroxyl groups excluding tert-OH is 1. The van der Waals surface area contributed by atoms with E-state index in [1.165, 1.54) is 12.1 Å². The molecule has 0 aliphatic rings. The van der Waals surface area contributed by atoms with Gasteiger partial charge in [0.1, 0.15) is 0 Å². The largest absolute Gasteiger partial charge is 0.388 e. The number of nitro groups is 1. The maximum Gasteiger partial charge on any atom is 0.269 e. The van der Waals surface area contributed by atoms with E-state index < -0.39 is 11.0 Å². The molecule has 1 unspecified atom stereocenters. The van der Waals surface area contributed by atoms with E-state index in [0.717, 1.165) is 5.57 Å². The van der Waals surface area contributed by atoms with Crippen LogP contribution in [0.4, 0.5) is 5.69 Å². The molecular weight excluding hydrogens is 254 g/mol. The van der Waals surface area contributed by atoms with Gasteiger partial charge in [-0.25, -0.2) is 0 Å². The molecule has 0 heterocycles. The number of benzene rings is 1. The Kier molecular flexibility index (Phi) is 5.22. The summed E-state index contributed by atoms with van der Waals surface area (Å²) in [4.78, 5) is 10.1. The van der Waals surface area contributed by atoms with Crippen LogP contribution in [0.25, 0.3) is 0 Å². The number of allylic oxidation sites excluding steroid dienone is 2. The number of non-ortho nitro benzene ring substituents is 1. The van der Waals surface area contributed by atoms with Gasteiger partial charge in [-0.15, -0.1) is 0 Å². The van der Waals surface area contributed by atoms with Gasteiger partial charge >= 0.3 is 0 Å². The molecule has 108 valence electrons. The van der Waals surface area contributed by atoms with Crippen LogP contribution in [0.3, 0.4) is 0 Å². The monoisotopic (exact) mass is 275 g/mol. The van der Waals surface area contributed by atoms with Gasteiger partial charge < -0.3 is 5.11 Å². The number of hydrogen-bond donors (Lipinski definition) is 1. The summed E-state index contributed by atoms with van der Waals surface area (Å²) in [5, 5.41) is 20.9. The predicted octanol–water partition coefficient (Wildman–Crippen LogP) is 4.18. The number of nitrogens with zero attached hydrogens (tertiary/aromatic N) is 1. The zero-order valence-electron chi connectivity index (χ0n) is 12.2. The molecule has 0 aromatic heterocycles. The van der Waals surface area contributed by atoms with Crippen molar-refractivity contribution in [1.82, 2.24) is 0 Å². The second-order valence-electron chi connectivity index (χ2n) is 5.75. The first kappa shape index (κ1) is 16.1. The van der Waals surface area contributed by atoms with Crippen molar-refractivity contribution in [3.8, 4) is 0 Å². The van der Waals surface area contributed by atoms with E-state index in [9.17, 15) is 15.2 Å². The molecule has 0 aliphatic heterocycles. The Hall–Kier alpha value is -1.94. The van der Waals surface area contributed by atoms with Gasteiger partial charge in [0.15, 0.2) is 0 Å². The highest BCUT2D eigenvalue weighted by Gasteiger charge is 2.20. The van der Waals surface area contributed by atoms with E-state index in [4.69, 9.17) is 0 Å². The standard InChI is InChI=1S/C16H21NO3/c1-5-6-13(16(2,3)4)11-15(18)12-7-9-14(10-8-12)17(19)20/h5-10,15,18H,1,11H2,2-4H3/b13-6+. The topological polar surface area (TPSA) is 63.4 Å². The lowest BCUT2D eigenvalue weighted by atomic mass is 9.82. The van der Waals surface area contributed by atoms with Gasteiger partial charge in [-0.3, -0.25) is 10.1 Å². The lowest BCUT2D eigenvalue weighted by Crippen LogP contribution is -2.12. The normalized spacial score (nSPS) is 13.9. The number of aliphatic hydroxyl groups is 1. The summed E-state index contributed by atoms with van der Waals surface area (Å²) in [5.41, 5.74) is 1.72. The summed E-state index contributed by atoms with van der Waals surface area (Å²) < 4.78 is 0. The molecule has 1 atom stereocenters. The van der Waals surface area contributed by atoms with Gasteiger partial charge in [0.05, 0.1) is 11.0 Å². The SMILES string of the molecule is C=C/C=C(\CC(O)c1ccc([N+](=O)[O-])cc1)C(C)(C)C. The first-order chi connectivity index (χ1) is 9.25. The van der Waals surface area contributed by atoms with Gasteiger partial charge in [-0.05, 0) is 29.5 Å². The van der Waals surface area contributed by atoms with E-state index in [1.807, 2.05) is 6.08 Å². The summed E-state index contributed by atoms with van der Waals surface area (Å²) in [6.45, 7) is 9.91. The fourth-order valence-electron chi connectivity index (χ4n) is 1.91. The highest BCUT2D eigenvalue weighted by Crippen LogP contribution is 2.33. The first-order valence-corrected chi connectivity index (χ1v) is 6.50. The van der Waals surface area contributed by atoms with Crippen molar-refractivity contribution >= 4 is 5.69 Å². The second-order valence-corrected chi connectivity index (χ2v) is 5.75. The minimum atomic E-state index is -0.679. The average Bonchev–Trinajstić information content (AvgIpc) is 2.37. The van der Waals surface area contributed by atoms with Gasteiger partial charge in [0, 0.05) is 12.1 Å². The van der Waals surface area contributed by atoms with E-state index in [-0.39, 0.29) is 11.1 Å². The summed E-state index contributed by atoms with van der Waals surface area (Å²) >= 11 is 0. The van der Waals surface area contributed by atoms with E-state index in [2.05, 4.69) is 27.4 Å². The molecule has 1 aromatic carbocycles. The highest BCUT2D eigenvalue weighted by molar-refractivity contribution is 5.34. The number of nitro benzene ring substituents is 1. The van der Waals surface area contributed by atoms with Crippen LogP contribution in [0.1, 0.15) is 38.9 Å². The van der Waals surface area contributed by atoms with Gasteiger partial charge in [0.25, 0.3) is 5.69 Å². The fourth-order valence-corrected chi connectivity index (χ4v) is 1.91. The lowest BCUT2D eigenvalue weighted by Gasteiger charge is -2.25. The Morgan fingerprint density at radius 2 is 1.95 bits per heavy atom. The van der Waals surface area contributed by atoms with Crippen molar-refractivity contribution in [3.05, 3.63) is 64.2 Å². The number of hydrogen-bond acceptors (Lipinski definition) is 3. The maximum absolute atomic E-state index is 10.6. The van der Waals surface area contributed by atoms with Crippen molar-refractivity contribution < 1.29 is 10.0 Å².